The van der Waals surface area contributed by atoms with E-state index in [1.54, 1.807) is 18.2 Å². The second-order valence-corrected chi connectivity index (χ2v) is 7.33. The summed E-state index contributed by atoms with van der Waals surface area (Å²) in [7, 11) is 0. The van der Waals surface area contributed by atoms with E-state index in [0.717, 1.165) is 37.3 Å². The van der Waals surface area contributed by atoms with Crippen molar-refractivity contribution in [3.05, 3.63) is 56.5 Å². The summed E-state index contributed by atoms with van der Waals surface area (Å²) in [5.74, 6) is 1.24. The average molecular weight is 447 g/mol. The van der Waals surface area contributed by atoms with Gasteiger partial charge in [0.1, 0.15) is 6.61 Å². The van der Waals surface area contributed by atoms with Gasteiger partial charge in [0.2, 0.25) is 0 Å². The minimum atomic E-state index is 0.293. The lowest BCUT2D eigenvalue weighted by Gasteiger charge is -2.16. The molecule has 0 aliphatic carbocycles. The fraction of sp³-hybridized carbons (Fsp3) is 0.429. The number of hydrogen-bond acceptors (Lipinski definition) is 4. The van der Waals surface area contributed by atoms with E-state index in [-0.39, 0.29) is 0 Å². The smallest absolute Gasteiger partial charge is 0.163 e. The number of ether oxygens (including phenoxy) is 3. The van der Waals surface area contributed by atoms with E-state index in [2.05, 4.69) is 5.32 Å². The van der Waals surface area contributed by atoms with Crippen molar-refractivity contribution in [1.29, 1.82) is 0 Å². The fourth-order valence-corrected chi connectivity index (χ4v) is 3.24. The zero-order chi connectivity index (χ0) is 20.4. The van der Waals surface area contributed by atoms with Crippen molar-refractivity contribution < 1.29 is 14.2 Å². The van der Waals surface area contributed by atoms with Gasteiger partial charge >= 0.3 is 0 Å². The number of hydrogen-bond donors (Lipinski definition) is 1. The van der Waals surface area contributed by atoms with Gasteiger partial charge in [-0.2, -0.15) is 0 Å². The van der Waals surface area contributed by atoms with E-state index in [1.807, 2.05) is 26.0 Å². The molecule has 0 bridgehead atoms. The van der Waals surface area contributed by atoms with Crippen molar-refractivity contribution in [3.63, 3.8) is 0 Å². The molecule has 1 N–H and O–H groups in total. The second-order valence-electron chi connectivity index (χ2n) is 6.08. The largest absolute Gasteiger partial charge is 0.490 e. The lowest BCUT2D eigenvalue weighted by molar-refractivity contribution is 0.144. The van der Waals surface area contributed by atoms with Crippen LogP contribution in [0.3, 0.4) is 0 Å². The molecule has 28 heavy (non-hydrogen) atoms. The normalized spacial score (nSPS) is 10.9. The number of benzene rings is 2. The minimum absolute atomic E-state index is 0.293. The molecule has 0 spiro atoms. The summed E-state index contributed by atoms with van der Waals surface area (Å²) in [4.78, 5) is 0. The maximum absolute atomic E-state index is 6.45. The first-order chi connectivity index (χ1) is 13.5. The predicted molar refractivity (Wildman–Crippen MR) is 116 cm³/mol. The molecule has 2 rings (SSSR count). The van der Waals surface area contributed by atoms with Crippen LogP contribution in [0.5, 0.6) is 11.5 Å². The first kappa shape index (κ1) is 23.1. The summed E-state index contributed by atoms with van der Waals surface area (Å²) < 4.78 is 17.0. The first-order valence-corrected chi connectivity index (χ1v) is 10.5. The van der Waals surface area contributed by atoms with E-state index in [4.69, 9.17) is 49.0 Å². The number of halogens is 3. The summed E-state index contributed by atoms with van der Waals surface area (Å²) in [6.07, 6.45) is 0.951. The Morgan fingerprint density at radius 2 is 1.61 bits per heavy atom. The van der Waals surface area contributed by atoms with Gasteiger partial charge in [-0.3, -0.25) is 0 Å². The molecule has 0 aromatic heterocycles. The molecule has 154 valence electrons. The summed E-state index contributed by atoms with van der Waals surface area (Å²) in [5, 5.41) is 5.14. The maximum atomic E-state index is 6.45. The Morgan fingerprint density at radius 3 is 2.32 bits per heavy atom. The Kier molecular flexibility index (Phi) is 10.2. The van der Waals surface area contributed by atoms with Gasteiger partial charge in [0.25, 0.3) is 0 Å². The third-order valence-electron chi connectivity index (χ3n) is 3.97. The lowest BCUT2D eigenvalue weighted by Crippen LogP contribution is -2.16. The lowest BCUT2D eigenvalue weighted by atomic mass is 10.2. The van der Waals surface area contributed by atoms with Crippen LogP contribution in [0.2, 0.25) is 15.1 Å². The highest BCUT2D eigenvalue weighted by molar-refractivity contribution is 6.35. The van der Waals surface area contributed by atoms with Crippen molar-refractivity contribution in [2.24, 2.45) is 0 Å². The molecule has 7 heteroatoms. The van der Waals surface area contributed by atoms with Crippen LogP contribution in [0.4, 0.5) is 0 Å². The van der Waals surface area contributed by atoms with Crippen LogP contribution in [0.15, 0.2) is 30.3 Å². The Bertz CT molecular complexity index is 756. The molecule has 0 radical (unpaired) electrons. The minimum Gasteiger partial charge on any atom is -0.490 e. The molecule has 0 heterocycles. The molecule has 0 saturated heterocycles. The molecule has 0 aliphatic rings. The highest BCUT2D eigenvalue weighted by Crippen LogP contribution is 2.35. The summed E-state index contributed by atoms with van der Waals surface area (Å²) >= 11 is 18.6. The maximum Gasteiger partial charge on any atom is 0.163 e. The zero-order valence-electron chi connectivity index (χ0n) is 16.2. The van der Waals surface area contributed by atoms with E-state index in [0.29, 0.717) is 46.3 Å². The van der Waals surface area contributed by atoms with Crippen molar-refractivity contribution in [2.75, 3.05) is 26.4 Å². The predicted octanol–water partition coefficient (Wildman–Crippen LogP) is 6.14. The number of rotatable bonds is 12. The van der Waals surface area contributed by atoms with Crippen molar-refractivity contribution >= 4 is 34.8 Å². The van der Waals surface area contributed by atoms with Gasteiger partial charge in [-0.25, -0.2) is 0 Å². The van der Waals surface area contributed by atoms with Gasteiger partial charge in [0.05, 0.1) is 6.61 Å². The summed E-state index contributed by atoms with van der Waals surface area (Å²) in [6.45, 7) is 7.74. The van der Waals surface area contributed by atoms with Gasteiger partial charge in [-0.1, -0.05) is 40.9 Å². The van der Waals surface area contributed by atoms with E-state index in [1.165, 1.54) is 0 Å². The summed E-state index contributed by atoms with van der Waals surface area (Å²) in [6, 6.07) is 9.02. The first-order valence-electron chi connectivity index (χ1n) is 9.35. The number of nitrogens with one attached hydrogen (secondary N) is 1. The molecule has 2 aromatic rings. The zero-order valence-corrected chi connectivity index (χ0v) is 18.5. The third kappa shape index (κ3) is 7.34. The SMILES string of the molecule is CCOCCCNCc1cc(OCC)c(OCc2ccc(Cl)cc2Cl)cc1Cl. The molecule has 0 unspecified atom stereocenters. The van der Waals surface area contributed by atoms with Crippen molar-refractivity contribution in [1.82, 2.24) is 5.32 Å². The molecular formula is C21H26Cl3NO3. The monoisotopic (exact) mass is 445 g/mol. The average Bonchev–Trinajstić information content (AvgIpc) is 2.66. The van der Waals surface area contributed by atoms with Gasteiger partial charge < -0.3 is 19.5 Å². The van der Waals surface area contributed by atoms with Gasteiger partial charge in [-0.15, -0.1) is 0 Å². The third-order valence-corrected chi connectivity index (χ3v) is 4.91. The van der Waals surface area contributed by atoms with E-state index >= 15 is 0 Å². The van der Waals surface area contributed by atoms with Crippen LogP contribution in [0.25, 0.3) is 0 Å². The standard InChI is InChI=1S/C21H26Cl3NO3/c1-3-26-9-5-8-25-13-16-10-20(27-4-2)21(12-19(16)24)28-14-15-6-7-17(22)11-18(15)23/h6-7,10-12,25H,3-5,8-9,13-14H2,1-2H3. The van der Waals surface area contributed by atoms with Crippen LogP contribution < -0.4 is 14.8 Å². The van der Waals surface area contributed by atoms with E-state index < -0.39 is 0 Å². The van der Waals surface area contributed by atoms with Crippen LogP contribution in [0, 0.1) is 0 Å². The summed E-state index contributed by atoms with van der Waals surface area (Å²) in [5.41, 5.74) is 1.79. The van der Waals surface area contributed by atoms with Gasteiger partial charge in [-0.05, 0) is 50.6 Å². The highest BCUT2D eigenvalue weighted by Gasteiger charge is 2.12. The topological polar surface area (TPSA) is 39.7 Å². The van der Waals surface area contributed by atoms with Gasteiger partial charge in [0.15, 0.2) is 11.5 Å². The Morgan fingerprint density at radius 1 is 0.857 bits per heavy atom. The molecule has 0 amide bonds. The molecule has 0 aliphatic heterocycles. The van der Waals surface area contributed by atoms with Crippen LogP contribution in [-0.2, 0) is 17.9 Å². The molecule has 0 fully saturated rings. The quantitative estimate of drug-likeness (QED) is 0.397. The van der Waals surface area contributed by atoms with Crippen LogP contribution in [0.1, 0.15) is 31.4 Å². The van der Waals surface area contributed by atoms with Crippen molar-refractivity contribution in [3.8, 4) is 11.5 Å². The van der Waals surface area contributed by atoms with Crippen LogP contribution >= 0.6 is 34.8 Å². The molecule has 2 aromatic carbocycles. The molecular weight excluding hydrogens is 421 g/mol. The Hall–Kier alpha value is -1.17. The van der Waals surface area contributed by atoms with Crippen LogP contribution in [-0.4, -0.2) is 26.4 Å². The molecule has 4 nitrogen and oxygen atoms in total. The molecule has 0 atom stereocenters. The Labute approximate surface area is 182 Å². The second kappa shape index (κ2) is 12.4. The van der Waals surface area contributed by atoms with E-state index in [9.17, 15) is 0 Å². The van der Waals surface area contributed by atoms with Crippen molar-refractivity contribution in [2.45, 2.75) is 33.4 Å². The Balaban J connectivity index is 2.02. The molecule has 0 saturated carbocycles. The van der Waals surface area contributed by atoms with Gasteiger partial charge in [0, 0.05) is 46.5 Å². The fourth-order valence-electron chi connectivity index (χ4n) is 2.55. The highest BCUT2D eigenvalue weighted by atomic mass is 35.5.